The topological polar surface area (TPSA) is 45.2 Å². The first-order valence-corrected chi connectivity index (χ1v) is 8.07. The Balaban J connectivity index is 1.64. The maximum absolute atomic E-state index is 13.0. The molecule has 1 saturated carbocycles. The summed E-state index contributed by atoms with van der Waals surface area (Å²) in [7, 11) is 1.96. The number of carbonyl (C=O) groups is 1. The van der Waals surface area contributed by atoms with Gasteiger partial charge in [0.2, 0.25) is 5.91 Å². The molecule has 3 rings (SSSR count). The molecule has 1 saturated heterocycles. The Bertz CT molecular complexity index is 490. The predicted octanol–water partition coefficient (Wildman–Crippen LogP) is 1.86. The average Bonchev–Trinajstić information content (AvgIpc) is 2.98. The second kappa shape index (κ2) is 6.14. The number of carbonyl (C=O) groups excluding carboxylic acids is 1. The van der Waals surface area contributed by atoms with Crippen LogP contribution in [0.15, 0.2) is 24.5 Å². The Kier molecular flexibility index (Phi) is 4.24. The lowest BCUT2D eigenvalue weighted by molar-refractivity contribution is -0.143. The van der Waals surface area contributed by atoms with Gasteiger partial charge in [0.25, 0.3) is 0 Å². The summed E-state index contributed by atoms with van der Waals surface area (Å²) >= 11 is 0. The van der Waals surface area contributed by atoms with E-state index in [1.807, 2.05) is 36.5 Å². The van der Waals surface area contributed by atoms with Gasteiger partial charge in [0.1, 0.15) is 0 Å². The highest BCUT2D eigenvalue weighted by molar-refractivity contribution is 5.83. The molecule has 4 heteroatoms. The summed E-state index contributed by atoms with van der Waals surface area (Å²) in [5.41, 5.74) is 1.12. The van der Waals surface area contributed by atoms with Crippen molar-refractivity contribution in [1.82, 2.24) is 15.2 Å². The van der Waals surface area contributed by atoms with Gasteiger partial charge in [0, 0.05) is 32.5 Å². The monoisotopic (exact) mass is 287 g/mol. The van der Waals surface area contributed by atoms with E-state index in [1.54, 1.807) is 0 Å². The molecule has 0 spiro atoms. The van der Waals surface area contributed by atoms with Crippen LogP contribution in [0.4, 0.5) is 0 Å². The summed E-state index contributed by atoms with van der Waals surface area (Å²) in [6, 6.07) is 4.05. The van der Waals surface area contributed by atoms with Crippen LogP contribution >= 0.6 is 0 Å². The number of amides is 1. The molecule has 2 atom stereocenters. The molecule has 0 radical (unpaired) electrons. The Morgan fingerprint density at radius 3 is 3.05 bits per heavy atom. The molecule has 4 nitrogen and oxygen atoms in total. The number of hydrogen-bond acceptors (Lipinski definition) is 3. The molecule has 114 valence electrons. The van der Waals surface area contributed by atoms with E-state index < -0.39 is 0 Å². The quantitative estimate of drug-likeness (QED) is 0.919. The van der Waals surface area contributed by atoms with E-state index in [1.165, 1.54) is 24.8 Å². The van der Waals surface area contributed by atoms with Gasteiger partial charge in [0.05, 0.1) is 5.41 Å². The highest BCUT2D eigenvalue weighted by Crippen LogP contribution is 2.44. The third-order valence-electron chi connectivity index (χ3n) is 5.30. The first-order chi connectivity index (χ1) is 10.2. The van der Waals surface area contributed by atoms with Crippen LogP contribution in [0.3, 0.4) is 0 Å². The van der Waals surface area contributed by atoms with E-state index in [0.717, 1.165) is 32.5 Å². The van der Waals surface area contributed by atoms with Gasteiger partial charge in [0.15, 0.2) is 0 Å². The van der Waals surface area contributed by atoms with Crippen molar-refractivity contribution < 1.29 is 4.79 Å². The minimum Gasteiger partial charge on any atom is -0.345 e. The summed E-state index contributed by atoms with van der Waals surface area (Å²) in [5, 5.41) is 3.46. The molecule has 1 aromatic heterocycles. The zero-order valence-electron chi connectivity index (χ0n) is 12.8. The molecule has 1 aromatic rings. The van der Waals surface area contributed by atoms with Crippen molar-refractivity contribution in [2.75, 3.05) is 26.7 Å². The summed E-state index contributed by atoms with van der Waals surface area (Å²) in [4.78, 5) is 19.0. The zero-order valence-corrected chi connectivity index (χ0v) is 12.8. The van der Waals surface area contributed by atoms with E-state index >= 15 is 0 Å². The molecule has 21 heavy (non-hydrogen) atoms. The Hall–Kier alpha value is -1.42. The normalized spacial score (nSPS) is 28.1. The van der Waals surface area contributed by atoms with Crippen molar-refractivity contribution in [2.24, 2.45) is 11.3 Å². The van der Waals surface area contributed by atoms with Crippen molar-refractivity contribution in [3.63, 3.8) is 0 Å². The highest BCUT2D eigenvalue weighted by atomic mass is 16.2. The largest absolute Gasteiger partial charge is 0.345 e. The van der Waals surface area contributed by atoms with Gasteiger partial charge in [-0.2, -0.15) is 0 Å². The second-order valence-electron chi connectivity index (χ2n) is 6.56. The number of nitrogens with one attached hydrogen (secondary N) is 1. The van der Waals surface area contributed by atoms with Crippen LogP contribution in [0.2, 0.25) is 0 Å². The Labute approximate surface area is 126 Å². The van der Waals surface area contributed by atoms with Crippen molar-refractivity contribution in [1.29, 1.82) is 0 Å². The second-order valence-corrected chi connectivity index (χ2v) is 6.56. The Morgan fingerprint density at radius 1 is 1.43 bits per heavy atom. The summed E-state index contributed by atoms with van der Waals surface area (Å²) < 4.78 is 0. The van der Waals surface area contributed by atoms with Crippen LogP contribution in [0, 0.1) is 11.3 Å². The van der Waals surface area contributed by atoms with Crippen LogP contribution in [-0.2, 0) is 11.2 Å². The molecule has 0 aromatic carbocycles. The van der Waals surface area contributed by atoms with Gasteiger partial charge in [-0.15, -0.1) is 0 Å². The SMILES string of the molecule is CN(CCc1ccncc1)C(=O)[C@@]12CCCC[C@H]1CNC2. The third kappa shape index (κ3) is 2.82. The minimum atomic E-state index is -0.120. The summed E-state index contributed by atoms with van der Waals surface area (Å²) in [6.07, 6.45) is 9.27. The first kappa shape index (κ1) is 14.5. The van der Waals surface area contributed by atoms with E-state index in [2.05, 4.69) is 10.3 Å². The molecule has 1 aliphatic heterocycles. The maximum atomic E-state index is 13.0. The molecule has 1 amide bonds. The van der Waals surface area contributed by atoms with Crippen molar-refractivity contribution in [2.45, 2.75) is 32.1 Å². The lowest BCUT2D eigenvalue weighted by atomic mass is 9.67. The van der Waals surface area contributed by atoms with Gasteiger partial charge < -0.3 is 10.2 Å². The van der Waals surface area contributed by atoms with Gasteiger partial charge in [-0.3, -0.25) is 9.78 Å². The molecular formula is C17H25N3O. The summed E-state index contributed by atoms with van der Waals surface area (Å²) in [6.45, 7) is 2.68. The average molecular weight is 287 g/mol. The van der Waals surface area contributed by atoms with Crippen LogP contribution in [-0.4, -0.2) is 42.5 Å². The van der Waals surface area contributed by atoms with E-state index in [-0.39, 0.29) is 5.41 Å². The van der Waals surface area contributed by atoms with Crippen LogP contribution in [0.5, 0.6) is 0 Å². The third-order valence-corrected chi connectivity index (χ3v) is 5.30. The van der Waals surface area contributed by atoms with Crippen LogP contribution in [0.1, 0.15) is 31.2 Å². The fourth-order valence-electron chi connectivity index (χ4n) is 4.00. The smallest absolute Gasteiger partial charge is 0.230 e. The molecular weight excluding hydrogens is 262 g/mol. The maximum Gasteiger partial charge on any atom is 0.230 e. The molecule has 2 heterocycles. The number of aromatic nitrogens is 1. The van der Waals surface area contributed by atoms with Gasteiger partial charge >= 0.3 is 0 Å². The lowest BCUT2D eigenvalue weighted by Crippen LogP contribution is -2.48. The van der Waals surface area contributed by atoms with Crippen molar-refractivity contribution in [3.8, 4) is 0 Å². The number of rotatable bonds is 4. The molecule has 0 bridgehead atoms. The number of hydrogen-bond donors (Lipinski definition) is 1. The van der Waals surface area contributed by atoms with Gasteiger partial charge in [-0.25, -0.2) is 0 Å². The summed E-state index contributed by atoms with van der Waals surface area (Å²) in [5.74, 6) is 0.897. The number of likely N-dealkylation sites (N-methyl/N-ethyl adjacent to an activating group) is 1. The fourth-order valence-corrected chi connectivity index (χ4v) is 4.00. The predicted molar refractivity (Wildman–Crippen MR) is 82.8 cm³/mol. The number of fused-ring (bicyclic) bond motifs is 1. The van der Waals surface area contributed by atoms with Gasteiger partial charge in [-0.05, 0) is 49.4 Å². The Morgan fingerprint density at radius 2 is 2.24 bits per heavy atom. The van der Waals surface area contributed by atoms with Crippen LogP contribution in [0.25, 0.3) is 0 Å². The number of nitrogens with zero attached hydrogens (tertiary/aromatic N) is 2. The van der Waals surface area contributed by atoms with Crippen molar-refractivity contribution in [3.05, 3.63) is 30.1 Å². The molecule has 1 aliphatic carbocycles. The molecule has 1 N–H and O–H groups in total. The zero-order chi connectivity index (χ0) is 14.7. The fraction of sp³-hybridized carbons (Fsp3) is 0.647. The lowest BCUT2D eigenvalue weighted by Gasteiger charge is -2.39. The van der Waals surface area contributed by atoms with E-state index in [0.29, 0.717) is 11.8 Å². The van der Waals surface area contributed by atoms with Crippen LogP contribution < -0.4 is 5.32 Å². The molecule has 0 unspecified atom stereocenters. The highest BCUT2D eigenvalue weighted by Gasteiger charge is 2.50. The standard InChI is InChI=1S/C17H25N3O/c1-20(11-7-14-5-9-18-10-6-14)16(21)17-8-3-2-4-15(17)12-19-13-17/h5-6,9-10,15,19H,2-4,7-8,11-13H2,1H3/t15-,17+/m0/s1. The molecule has 2 fully saturated rings. The molecule has 2 aliphatic rings. The minimum absolute atomic E-state index is 0.120. The first-order valence-electron chi connectivity index (χ1n) is 8.07. The van der Waals surface area contributed by atoms with E-state index in [9.17, 15) is 4.79 Å². The van der Waals surface area contributed by atoms with E-state index in [4.69, 9.17) is 0 Å². The number of pyridine rings is 1. The van der Waals surface area contributed by atoms with Crippen molar-refractivity contribution >= 4 is 5.91 Å². The van der Waals surface area contributed by atoms with Gasteiger partial charge in [-0.1, -0.05) is 12.8 Å².